The smallest absolute Gasteiger partial charge is 0.338 e. The maximum absolute atomic E-state index is 14.3. The van der Waals surface area contributed by atoms with Crippen molar-refractivity contribution in [2.45, 2.75) is 115 Å². The van der Waals surface area contributed by atoms with E-state index in [1.54, 1.807) is 70.1 Å². The zero-order valence-corrected chi connectivity index (χ0v) is 50.4. The van der Waals surface area contributed by atoms with Gasteiger partial charge in [-0.15, -0.1) is 11.3 Å². The first kappa shape index (κ1) is 59.6. The number of likely N-dealkylation sites (tertiary alicyclic amines) is 3. The molecule has 85 heavy (non-hydrogen) atoms. The lowest BCUT2D eigenvalue weighted by Crippen LogP contribution is -2.49. The number of carbonyl (C=O) groups is 6. The third kappa shape index (κ3) is 14.1. The number of nitrogens with zero attached hydrogens (tertiary/aromatic N) is 8. The lowest BCUT2D eigenvalue weighted by Gasteiger charge is -2.38. The van der Waals surface area contributed by atoms with Crippen LogP contribution in [-0.4, -0.2) is 170 Å². The number of benzene rings is 2. The van der Waals surface area contributed by atoms with Crippen molar-refractivity contribution in [1.82, 2.24) is 49.5 Å². The van der Waals surface area contributed by atoms with Crippen molar-refractivity contribution < 1.29 is 42.8 Å². The molecule has 5 amide bonds. The molecule has 4 aliphatic heterocycles. The largest absolute Gasteiger partial charge is 0.460 e. The van der Waals surface area contributed by atoms with Crippen LogP contribution in [0.5, 0.6) is 0 Å². The van der Waals surface area contributed by atoms with Crippen LogP contribution in [0.3, 0.4) is 0 Å². The van der Waals surface area contributed by atoms with Crippen LogP contribution in [0.1, 0.15) is 120 Å². The van der Waals surface area contributed by atoms with Crippen LogP contribution >= 0.6 is 34.5 Å². The third-order valence-corrected chi connectivity index (χ3v) is 18.4. The van der Waals surface area contributed by atoms with E-state index in [2.05, 4.69) is 56.7 Å². The predicted molar refractivity (Wildman–Crippen MR) is 325 cm³/mol. The Hall–Kier alpha value is -7.14. The summed E-state index contributed by atoms with van der Waals surface area (Å²) in [6, 6.07) is 23.3. The molecule has 23 heteroatoms. The number of aromatic nitrogens is 4. The van der Waals surface area contributed by atoms with Gasteiger partial charge in [-0.3, -0.25) is 24.0 Å². The number of rotatable bonds is 19. The number of amides is 5. The van der Waals surface area contributed by atoms with Gasteiger partial charge in [0.05, 0.1) is 39.5 Å². The highest BCUT2D eigenvalue weighted by Crippen LogP contribution is 2.33. The summed E-state index contributed by atoms with van der Waals surface area (Å²) in [7, 11) is 0. The molecule has 4 fully saturated rings. The molecule has 4 aliphatic rings. The van der Waals surface area contributed by atoms with Crippen LogP contribution in [0.15, 0.2) is 89.6 Å². The van der Waals surface area contributed by atoms with Gasteiger partial charge in [0.15, 0.2) is 5.76 Å². The third-order valence-electron chi connectivity index (χ3n) is 17.0. The zero-order valence-electron chi connectivity index (χ0n) is 48.0. The molecule has 0 spiro atoms. The van der Waals surface area contributed by atoms with E-state index in [1.807, 2.05) is 27.7 Å². The number of nitrogens with one attached hydrogen (secondary N) is 3. The van der Waals surface area contributed by atoms with Gasteiger partial charge in [-0.2, -0.15) is 0 Å². The first-order valence-corrected chi connectivity index (χ1v) is 31.0. The highest BCUT2D eigenvalue weighted by molar-refractivity contribution is 7.19. The number of fused-ring (bicyclic) bond motifs is 2. The molecule has 9 heterocycles. The first-order valence-electron chi connectivity index (χ1n) is 29.4. The van der Waals surface area contributed by atoms with E-state index in [4.69, 9.17) is 37.2 Å². The highest BCUT2D eigenvalue weighted by Gasteiger charge is 2.35. The van der Waals surface area contributed by atoms with E-state index in [-0.39, 0.29) is 79.9 Å². The number of anilines is 1. The fourth-order valence-electron chi connectivity index (χ4n) is 12.3. The number of hydrogen-bond acceptors (Lipinski definition) is 14. The molecule has 2 atom stereocenters. The van der Waals surface area contributed by atoms with Crippen molar-refractivity contribution in [3.63, 3.8) is 0 Å². The molecule has 2 unspecified atom stereocenters. The minimum atomic E-state index is -0.529. The Morgan fingerprint density at radius 3 is 2.12 bits per heavy atom. The van der Waals surface area contributed by atoms with Crippen molar-refractivity contribution in [2.75, 3.05) is 71.0 Å². The number of ether oxygens (including phenoxy) is 2. The lowest BCUT2D eigenvalue weighted by molar-refractivity contribution is -0.129. The second-order valence-corrected chi connectivity index (χ2v) is 25.0. The SMILES string of the molecule is CC(C)N1CCC(NC(=O)c2cc3cc(C(=O)OCCN4C(=O)CCC4CC(C)N4CCC(NC(=O)c5cc6cc(C(=O)N7CCCOCC7)ccc6n5CC(=O)Nc5ccc(Cl)cn5)CC4)ccc3n2Cc2cc(-c3ccc(Cl)s3)on2)CC1. The number of thiophene rings is 1. The molecule has 5 aromatic heterocycles. The molecule has 7 aromatic rings. The van der Waals surface area contributed by atoms with Gasteiger partial charge in [-0.1, -0.05) is 28.4 Å². The van der Waals surface area contributed by atoms with Crippen molar-refractivity contribution >= 4 is 97.7 Å². The topological polar surface area (TPSA) is 219 Å². The Morgan fingerprint density at radius 2 is 1.44 bits per heavy atom. The molecule has 3 N–H and O–H groups in total. The molecule has 20 nitrogen and oxygen atoms in total. The van der Waals surface area contributed by atoms with Crippen LogP contribution in [0.2, 0.25) is 9.36 Å². The summed E-state index contributed by atoms with van der Waals surface area (Å²) in [4.78, 5) is 96.0. The van der Waals surface area contributed by atoms with Crippen LogP contribution in [0.25, 0.3) is 32.4 Å². The van der Waals surface area contributed by atoms with E-state index in [1.165, 1.54) is 17.5 Å². The van der Waals surface area contributed by atoms with Crippen molar-refractivity contribution in [3.05, 3.63) is 123 Å². The molecule has 0 aliphatic carbocycles. The lowest BCUT2D eigenvalue weighted by atomic mass is 9.99. The van der Waals surface area contributed by atoms with Gasteiger partial charge in [0, 0.05) is 122 Å². The molecule has 448 valence electrons. The number of esters is 1. The van der Waals surface area contributed by atoms with E-state index in [0.29, 0.717) is 123 Å². The van der Waals surface area contributed by atoms with Crippen LogP contribution in [0.4, 0.5) is 5.82 Å². The molecule has 0 saturated carbocycles. The van der Waals surface area contributed by atoms with Gasteiger partial charge in [0.1, 0.15) is 36.1 Å². The number of pyridine rings is 1. The summed E-state index contributed by atoms with van der Waals surface area (Å²) < 4.78 is 21.3. The summed E-state index contributed by atoms with van der Waals surface area (Å²) in [6.45, 7) is 12.3. The molecule has 2 aromatic carbocycles. The molecule has 0 radical (unpaired) electrons. The number of halogens is 2. The summed E-state index contributed by atoms with van der Waals surface area (Å²) in [5.41, 5.74) is 3.54. The molecule has 0 bridgehead atoms. The van der Waals surface area contributed by atoms with Gasteiger partial charge in [0.2, 0.25) is 11.8 Å². The van der Waals surface area contributed by atoms with Gasteiger partial charge in [0.25, 0.3) is 17.7 Å². The molecular formula is C62H71Cl2N11O9S. The van der Waals surface area contributed by atoms with Crippen molar-refractivity contribution in [1.29, 1.82) is 0 Å². The van der Waals surface area contributed by atoms with Crippen LogP contribution < -0.4 is 16.0 Å². The quantitative estimate of drug-likeness (QED) is 0.0645. The fraction of sp³-hybridized carbons (Fsp3) is 0.452. The minimum Gasteiger partial charge on any atom is -0.460 e. The molecule has 4 saturated heterocycles. The summed E-state index contributed by atoms with van der Waals surface area (Å²) in [6.07, 6.45) is 7.12. The fourth-order valence-corrected chi connectivity index (χ4v) is 13.4. The Bertz CT molecular complexity index is 3570. The summed E-state index contributed by atoms with van der Waals surface area (Å²) in [5, 5.41) is 15.4. The Morgan fingerprint density at radius 1 is 0.753 bits per heavy atom. The average molecular weight is 1220 g/mol. The second-order valence-electron chi connectivity index (χ2n) is 22.9. The maximum Gasteiger partial charge on any atom is 0.338 e. The van der Waals surface area contributed by atoms with E-state index >= 15 is 0 Å². The number of carbonyl (C=O) groups excluding carboxylic acids is 6. The average Bonchev–Trinajstić information content (AvgIpc) is 2.59. The highest BCUT2D eigenvalue weighted by atomic mass is 35.5. The second kappa shape index (κ2) is 26.6. The maximum atomic E-state index is 14.3. The first-order chi connectivity index (χ1) is 41.1. The van der Waals surface area contributed by atoms with Crippen LogP contribution in [0, 0.1) is 0 Å². The van der Waals surface area contributed by atoms with E-state index in [0.717, 1.165) is 62.3 Å². The standard InChI is InChI=1S/C62H71Cl2N11O9S/c1-38(2)70-20-15-45(16-21-70)66-59(78)51-33-43-31-41(6-10-49(43)74(51)36-47-34-53(84-69-47)54-11-12-55(64)85-54)62(81)83-28-25-73-48(8-14-58(73)77)29-39(3)71-22-17-46(18-23-71)67-60(79)52-32-42-30-40(61(80)72-19-4-26-82-27-24-72)5-9-50(42)75(52)37-57(76)68-56-13-7-44(63)35-65-56/h5-7,9-13,30-35,38-39,45-46,48H,4,8,14-29,36-37H2,1-3H3,(H,66,78)(H,67,79)(H,65,68,76). The van der Waals surface area contributed by atoms with Crippen molar-refractivity contribution in [3.8, 4) is 10.6 Å². The monoisotopic (exact) mass is 1220 g/mol. The van der Waals surface area contributed by atoms with Gasteiger partial charge in [-0.05, 0) is 139 Å². The van der Waals surface area contributed by atoms with Gasteiger partial charge < -0.3 is 58.7 Å². The molecule has 11 rings (SSSR count). The van der Waals surface area contributed by atoms with E-state index < -0.39 is 5.97 Å². The Kier molecular flexibility index (Phi) is 18.7. The Labute approximate surface area is 507 Å². The van der Waals surface area contributed by atoms with Crippen molar-refractivity contribution in [2.24, 2.45) is 0 Å². The summed E-state index contributed by atoms with van der Waals surface area (Å²) >= 11 is 13.6. The van der Waals surface area contributed by atoms with Gasteiger partial charge >= 0.3 is 5.97 Å². The molecular weight excluding hydrogens is 1150 g/mol. The van der Waals surface area contributed by atoms with E-state index in [9.17, 15) is 28.8 Å². The predicted octanol–water partition coefficient (Wildman–Crippen LogP) is 8.99. The minimum absolute atomic E-state index is 0.0176. The number of hydrogen-bond donors (Lipinski definition) is 3. The van der Waals surface area contributed by atoms with Crippen LogP contribution in [-0.2, 0) is 32.2 Å². The normalized spacial score (nSPS) is 18.1. The zero-order chi connectivity index (χ0) is 59.3. The Balaban J connectivity index is 0.697. The number of piperidine rings is 2. The summed E-state index contributed by atoms with van der Waals surface area (Å²) in [5.74, 6) is -0.637. The van der Waals surface area contributed by atoms with Gasteiger partial charge in [-0.25, -0.2) is 9.78 Å².